The fourth-order valence-corrected chi connectivity index (χ4v) is 0.275. The Hall–Kier alpha value is -0.310. The van der Waals surface area contributed by atoms with E-state index in [0.29, 0.717) is 13.0 Å². The predicted octanol–water partition coefficient (Wildman–Crippen LogP) is 0.534. The van der Waals surface area contributed by atoms with Crippen molar-refractivity contribution >= 4 is 24.5 Å². The van der Waals surface area contributed by atoms with Crippen molar-refractivity contribution in [3.05, 3.63) is 0 Å². The number of rotatable bonds is 3. The highest BCUT2D eigenvalue weighted by atomic mass is 32.1. The van der Waals surface area contributed by atoms with Crippen molar-refractivity contribution in [3.63, 3.8) is 0 Å². The minimum absolute atomic E-state index is 0.132. The molecule has 0 unspecified atom stereocenters. The molecule has 0 aliphatic rings. The summed E-state index contributed by atoms with van der Waals surface area (Å²) in [5, 5.41) is -0.132. The van der Waals surface area contributed by atoms with Crippen molar-refractivity contribution in [1.29, 1.82) is 0 Å². The molecule has 2 nitrogen and oxygen atoms in total. The second kappa shape index (κ2) is 3.87. The van der Waals surface area contributed by atoms with Gasteiger partial charge >= 0.3 is 0 Å². The lowest BCUT2D eigenvalue weighted by molar-refractivity contribution is -0.110. The SMILES string of the molecule is C=NCCC(=O)S. The first-order valence-corrected chi connectivity index (χ1v) is 2.36. The minimum atomic E-state index is -0.132. The molecule has 0 saturated heterocycles. The molecule has 0 spiro atoms. The Morgan fingerprint density at radius 2 is 2.43 bits per heavy atom. The van der Waals surface area contributed by atoms with Gasteiger partial charge in [-0.2, -0.15) is 0 Å². The summed E-state index contributed by atoms with van der Waals surface area (Å²) in [6.45, 7) is 3.68. The Labute approximate surface area is 48.0 Å². The van der Waals surface area contributed by atoms with Crippen molar-refractivity contribution < 1.29 is 4.79 Å². The molecule has 0 rings (SSSR count). The Kier molecular flexibility index (Phi) is 3.69. The molecular weight excluding hydrogens is 110 g/mol. The number of nitrogens with zero attached hydrogens (tertiary/aromatic N) is 1. The van der Waals surface area contributed by atoms with Gasteiger partial charge in [0.2, 0.25) is 0 Å². The molecule has 0 N–H and O–H groups in total. The van der Waals surface area contributed by atoms with Crippen LogP contribution in [0.25, 0.3) is 0 Å². The summed E-state index contributed by atoms with van der Waals surface area (Å²) < 4.78 is 0. The van der Waals surface area contributed by atoms with E-state index in [1.165, 1.54) is 0 Å². The first kappa shape index (κ1) is 6.69. The van der Waals surface area contributed by atoms with Crippen LogP contribution in [0.1, 0.15) is 6.42 Å². The summed E-state index contributed by atoms with van der Waals surface area (Å²) in [7, 11) is 0. The zero-order valence-electron chi connectivity index (χ0n) is 3.92. The topological polar surface area (TPSA) is 29.4 Å². The van der Waals surface area contributed by atoms with Crippen LogP contribution < -0.4 is 0 Å². The Morgan fingerprint density at radius 1 is 1.86 bits per heavy atom. The highest BCUT2D eigenvalue weighted by Crippen LogP contribution is 1.85. The van der Waals surface area contributed by atoms with E-state index in [1.807, 2.05) is 0 Å². The molecule has 0 heterocycles. The van der Waals surface area contributed by atoms with Crippen molar-refractivity contribution in [2.24, 2.45) is 4.99 Å². The zero-order chi connectivity index (χ0) is 5.70. The van der Waals surface area contributed by atoms with E-state index < -0.39 is 0 Å². The van der Waals surface area contributed by atoms with Gasteiger partial charge in [0.25, 0.3) is 0 Å². The van der Waals surface area contributed by atoms with Gasteiger partial charge in [-0.05, 0) is 6.72 Å². The molecule has 0 radical (unpaired) electrons. The predicted molar refractivity (Wildman–Crippen MR) is 33.0 cm³/mol. The quantitative estimate of drug-likeness (QED) is 0.424. The third-order valence-electron chi connectivity index (χ3n) is 0.484. The first-order chi connectivity index (χ1) is 3.27. The highest BCUT2D eigenvalue weighted by Gasteiger charge is 1.87. The molecule has 0 amide bonds. The van der Waals surface area contributed by atoms with E-state index >= 15 is 0 Å². The van der Waals surface area contributed by atoms with Gasteiger partial charge in [-0.25, -0.2) is 0 Å². The molecule has 0 aromatic heterocycles. The van der Waals surface area contributed by atoms with Gasteiger partial charge in [0, 0.05) is 13.0 Å². The number of carbonyl (C=O) groups excluding carboxylic acids is 1. The molecule has 0 fully saturated rings. The maximum absolute atomic E-state index is 9.98. The largest absolute Gasteiger partial charge is 0.300 e. The average Bonchev–Trinajstić information content (AvgIpc) is 1.61. The van der Waals surface area contributed by atoms with Gasteiger partial charge in [-0.3, -0.25) is 4.79 Å². The highest BCUT2D eigenvalue weighted by molar-refractivity contribution is 7.96. The van der Waals surface area contributed by atoms with Gasteiger partial charge in [0.1, 0.15) is 0 Å². The first-order valence-electron chi connectivity index (χ1n) is 1.91. The number of aliphatic imine (C=N–C) groups is 1. The molecule has 0 aliphatic carbocycles. The molecular formula is C4H7NOS. The van der Waals surface area contributed by atoms with E-state index in [0.717, 1.165) is 0 Å². The Balaban J connectivity index is 2.97. The normalized spacial score (nSPS) is 8.14. The molecule has 0 aliphatic heterocycles. The molecule has 0 aromatic rings. The molecule has 3 heteroatoms. The van der Waals surface area contributed by atoms with Crippen LogP contribution in [0.5, 0.6) is 0 Å². The molecule has 0 saturated carbocycles. The van der Waals surface area contributed by atoms with Crippen LogP contribution in [-0.4, -0.2) is 18.4 Å². The lowest BCUT2D eigenvalue weighted by atomic mass is 10.5. The fourth-order valence-electron chi connectivity index (χ4n) is 0.175. The van der Waals surface area contributed by atoms with Gasteiger partial charge in [-0.1, -0.05) is 0 Å². The zero-order valence-corrected chi connectivity index (χ0v) is 4.82. The van der Waals surface area contributed by atoms with Crippen molar-refractivity contribution in [2.75, 3.05) is 6.54 Å². The van der Waals surface area contributed by atoms with Crippen LogP contribution in [0.4, 0.5) is 0 Å². The van der Waals surface area contributed by atoms with Crippen molar-refractivity contribution in [1.82, 2.24) is 0 Å². The van der Waals surface area contributed by atoms with E-state index in [4.69, 9.17) is 0 Å². The lowest BCUT2D eigenvalue weighted by Crippen LogP contribution is -1.87. The van der Waals surface area contributed by atoms with Crippen LogP contribution in [0.3, 0.4) is 0 Å². The van der Waals surface area contributed by atoms with Crippen LogP contribution >= 0.6 is 12.6 Å². The van der Waals surface area contributed by atoms with Gasteiger partial charge in [0.05, 0.1) is 0 Å². The molecule has 0 aromatic carbocycles. The third-order valence-corrected chi connectivity index (χ3v) is 0.707. The van der Waals surface area contributed by atoms with E-state index in [1.54, 1.807) is 0 Å². The summed E-state index contributed by atoms with van der Waals surface area (Å²) in [4.78, 5) is 13.4. The number of hydrogen-bond acceptors (Lipinski definition) is 2. The number of hydrogen-bond donors (Lipinski definition) is 1. The van der Waals surface area contributed by atoms with Crippen LogP contribution in [0, 0.1) is 0 Å². The Morgan fingerprint density at radius 3 is 2.57 bits per heavy atom. The summed E-state index contributed by atoms with van der Waals surface area (Å²) in [5.74, 6) is 0. The standard InChI is InChI=1S/C4H7NOS/c1-5-3-2-4(6)7/h1-3H2,(H,6,7). The summed E-state index contributed by atoms with van der Waals surface area (Å²) >= 11 is 3.51. The summed E-state index contributed by atoms with van der Waals surface area (Å²) in [5.41, 5.74) is 0. The summed E-state index contributed by atoms with van der Waals surface area (Å²) in [6, 6.07) is 0. The van der Waals surface area contributed by atoms with Gasteiger partial charge < -0.3 is 4.99 Å². The minimum Gasteiger partial charge on any atom is -0.300 e. The second-order valence-corrected chi connectivity index (χ2v) is 1.59. The molecule has 40 valence electrons. The van der Waals surface area contributed by atoms with E-state index in [2.05, 4.69) is 24.3 Å². The van der Waals surface area contributed by atoms with Crippen molar-refractivity contribution in [2.45, 2.75) is 6.42 Å². The number of carbonyl (C=O) groups is 1. The lowest BCUT2D eigenvalue weighted by Gasteiger charge is -1.82. The summed E-state index contributed by atoms with van der Waals surface area (Å²) in [6.07, 6.45) is 0.395. The average molecular weight is 117 g/mol. The van der Waals surface area contributed by atoms with E-state index in [-0.39, 0.29) is 5.12 Å². The van der Waals surface area contributed by atoms with Crippen LogP contribution in [0.2, 0.25) is 0 Å². The smallest absolute Gasteiger partial charge is 0.187 e. The van der Waals surface area contributed by atoms with Gasteiger partial charge in [0.15, 0.2) is 5.12 Å². The molecule has 7 heavy (non-hydrogen) atoms. The van der Waals surface area contributed by atoms with E-state index in [9.17, 15) is 4.79 Å². The maximum Gasteiger partial charge on any atom is 0.187 e. The fraction of sp³-hybridized carbons (Fsp3) is 0.500. The monoisotopic (exact) mass is 117 g/mol. The van der Waals surface area contributed by atoms with Crippen LogP contribution in [-0.2, 0) is 4.79 Å². The number of thiol groups is 1. The Bertz CT molecular complexity index is 81.8. The van der Waals surface area contributed by atoms with Gasteiger partial charge in [-0.15, -0.1) is 12.6 Å². The molecule has 0 atom stereocenters. The van der Waals surface area contributed by atoms with Crippen LogP contribution in [0.15, 0.2) is 4.99 Å². The molecule has 0 bridgehead atoms. The third kappa shape index (κ3) is 5.69. The second-order valence-electron chi connectivity index (χ2n) is 1.09. The van der Waals surface area contributed by atoms with Crippen molar-refractivity contribution in [3.8, 4) is 0 Å². The maximum atomic E-state index is 9.98.